The lowest BCUT2D eigenvalue weighted by atomic mass is 9.90. The minimum Gasteiger partial charge on any atom is -0.465 e. The zero-order valence-electron chi connectivity index (χ0n) is 11.3. The normalized spacial score (nSPS) is 27.2. The topological polar surface area (TPSA) is 38.3 Å². The van der Waals surface area contributed by atoms with Crippen molar-refractivity contribution >= 4 is 5.97 Å². The van der Waals surface area contributed by atoms with E-state index in [-0.39, 0.29) is 5.97 Å². The predicted molar refractivity (Wildman–Crippen MR) is 71.6 cm³/mol. The van der Waals surface area contributed by atoms with Crippen molar-refractivity contribution in [2.75, 3.05) is 13.2 Å². The second-order valence-electron chi connectivity index (χ2n) is 5.25. The van der Waals surface area contributed by atoms with Crippen LogP contribution in [0.2, 0.25) is 0 Å². The van der Waals surface area contributed by atoms with Crippen LogP contribution in [0.4, 0.5) is 0 Å². The second-order valence-corrected chi connectivity index (χ2v) is 5.25. The SMILES string of the molecule is CCOC(=O)C1(C)CC(c2ccc(C)cc2)CN1. The Labute approximate surface area is 109 Å². The maximum Gasteiger partial charge on any atom is 0.326 e. The van der Waals surface area contributed by atoms with E-state index in [1.54, 1.807) is 0 Å². The number of hydrogen-bond donors (Lipinski definition) is 1. The molecule has 1 heterocycles. The number of hydrogen-bond acceptors (Lipinski definition) is 3. The molecule has 1 saturated heterocycles. The van der Waals surface area contributed by atoms with E-state index in [9.17, 15) is 4.79 Å². The highest BCUT2D eigenvalue weighted by atomic mass is 16.5. The third-order valence-electron chi connectivity index (χ3n) is 3.67. The highest BCUT2D eigenvalue weighted by Gasteiger charge is 2.42. The van der Waals surface area contributed by atoms with Crippen molar-refractivity contribution in [1.29, 1.82) is 0 Å². The lowest BCUT2D eigenvalue weighted by Gasteiger charge is -2.21. The molecule has 0 bridgehead atoms. The van der Waals surface area contributed by atoms with E-state index >= 15 is 0 Å². The van der Waals surface area contributed by atoms with Crippen molar-refractivity contribution in [3.8, 4) is 0 Å². The van der Waals surface area contributed by atoms with Crippen molar-refractivity contribution in [1.82, 2.24) is 5.32 Å². The fourth-order valence-electron chi connectivity index (χ4n) is 2.51. The van der Waals surface area contributed by atoms with Crippen LogP contribution < -0.4 is 5.32 Å². The Morgan fingerprint density at radius 3 is 2.72 bits per heavy atom. The van der Waals surface area contributed by atoms with Gasteiger partial charge >= 0.3 is 5.97 Å². The third-order valence-corrected chi connectivity index (χ3v) is 3.67. The van der Waals surface area contributed by atoms with Gasteiger partial charge in [0.1, 0.15) is 5.54 Å². The highest BCUT2D eigenvalue weighted by molar-refractivity contribution is 5.81. The maximum absolute atomic E-state index is 11.9. The zero-order chi connectivity index (χ0) is 13.2. The van der Waals surface area contributed by atoms with E-state index in [0.717, 1.165) is 13.0 Å². The van der Waals surface area contributed by atoms with Crippen LogP contribution in [0.5, 0.6) is 0 Å². The van der Waals surface area contributed by atoms with Crippen LogP contribution >= 0.6 is 0 Å². The number of ether oxygens (including phenoxy) is 1. The van der Waals surface area contributed by atoms with Gasteiger partial charge in [0.25, 0.3) is 0 Å². The molecule has 1 N–H and O–H groups in total. The zero-order valence-corrected chi connectivity index (χ0v) is 11.3. The summed E-state index contributed by atoms with van der Waals surface area (Å²) in [6, 6.07) is 8.54. The second kappa shape index (κ2) is 5.11. The summed E-state index contributed by atoms with van der Waals surface area (Å²) in [7, 11) is 0. The standard InChI is InChI=1S/C15H21NO2/c1-4-18-14(17)15(3)9-13(10-16-15)12-7-5-11(2)6-8-12/h5-8,13,16H,4,9-10H2,1-3H3. The average Bonchev–Trinajstić information content (AvgIpc) is 2.75. The summed E-state index contributed by atoms with van der Waals surface area (Å²) in [6.45, 7) is 7.12. The average molecular weight is 247 g/mol. The van der Waals surface area contributed by atoms with Crippen LogP contribution in [-0.4, -0.2) is 24.7 Å². The lowest BCUT2D eigenvalue weighted by Crippen LogP contribution is -2.45. The Balaban J connectivity index is 2.08. The molecule has 2 unspecified atom stereocenters. The Morgan fingerprint density at radius 1 is 1.44 bits per heavy atom. The smallest absolute Gasteiger partial charge is 0.326 e. The van der Waals surface area contributed by atoms with Gasteiger partial charge < -0.3 is 10.1 Å². The molecule has 1 aliphatic rings. The third kappa shape index (κ3) is 2.56. The van der Waals surface area contributed by atoms with Gasteiger partial charge in [0, 0.05) is 6.54 Å². The van der Waals surface area contributed by atoms with Gasteiger partial charge in [0.2, 0.25) is 0 Å². The number of esters is 1. The van der Waals surface area contributed by atoms with Crippen molar-refractivity contribution in [2.24, 2.45) is 0 Å². The molecule has 1 aromatic rings. The maximum atomic E-state index is 11.9. The Hall–Kier alpha value is -1.35. The Bertz CT molecular complexity index is 427. The van der Waals surface area contributed by atoms with Crippen LogP contribution in [0.1, 0.15) is 37.3 Å². The number of benzene rings is 1. The summed E-state index contributed by atoms with van der Waals surface area (Å²) < 4.78 is 5.13. The summed E-state index contributed by atoms with van der Waals surface area (Å²) in [5, 5.41) is 3.31. The Kier molecular flexibility index (Phi) is 3.71. The van der Waals surface area contributed by atoms with Gasteiger partial charge in [-0.2, -0.15) is 0 Å². The van der Waals surface area contributed by atoms with Crippen molar-refractivity contribution in [3.05, 3.63) is 35.4 Å². The van der Waals surface area contributed by atoms with E-state index in [0.29, 0.717) is 12.5 Å². The molecule has 2 atom stereocenters. The molecule has 0 amide bonds. The quantitative estimate of drug-likeness (QED) is 0.833. The molecule has 0 aliphatic carbocycles. The minimum absolute atomic E-state index is 0.139. The molecule has 0 radical (unpaired) electrons. The van der Waals surface area contributed by atoms with E-state index in [1.165, 1.54) is 11.1 Å². The molecule has 18 heavy (non-hydrogen) atoms. The van der Waals surface area contributed by atoms with Gasteiger partial charge in [-0.3, -0.25) is 4.79 Å². The molecule has 0 aromatic heterocycles. The highest BCUT2D eigenvalue weighted by Crippen LogP contribution is 2.32. The van der Waals surface area contributed by atoms with Gasteiger partial charge in [-0.25, -0.2) is 0 Å². The predicted octanol–water partition coefficient (Wildman–Crippen LogP) is 2.39. The first-order valence-electron chi connectivity index (χ1n) is 6.54. The van der Waals surface area contributed by atoms with Crippen molar-refractivity contribution in [2.45, 2.75) is 38.6 Å². The van der Waals surface area contributed by atoms with Crippen LogP contribution in [0.25, 0.3) is 0 Å². The van der Waals surface area contributed by atoms with Crippen LogP contribution in [0.15, 0.2) is 24.3 Å². The van der Waals surface area contributed by atoms with Crippen molar-refractivity contribution in [3.63, 3.8) is 0 Å². The van der Waals surface area contributed by atoms with E-state index in [1.807, 2.05) is 13.8 Å². The molecular formula is C15H21NO2. The van der Waals surface area contributed by atoms with Crippen LogP contribution in [-0.2, 0) is 9.53 Å². The largest absolute Gasteiger partial charge is 0.465 e. The fourth-order valence-corrected chi connectivity index (χ4v) is 2.51. The number of carbonyl (C=O) groups excluding carboxylic acids is 1. The molecule has 3 heteroatoms. The molecule has 98 valence electrons. The summed E-state index contributed by atoms with van der Waals surface area (Å²) in [5.74, 6) is 0.250. The van der Waals surface area contributed by atoms with Gasteiger partial charge in [-0.1, -0.05) is 29.8 Å². The molecule has 1 aromatic carbocycles. The van der Waals surface area contributed by atoms with E-state index in [2.05, 4.69) is 36.5 Å². The molecule has 0 spiro atoms. The number of rotatable bonds is 3. The minimum atomic E-state index is -0.536. The summed E-state index contributed by atoms with van der Waals surface area (Å²) in [6.07, 6.45) is 0.800. The number of aryl methyl sites for hydroxylation is 1. The van der Waals surface area contributed by atoms with Crippen LogP contribution in [0, 0.1) is 6.92 Å². The molecule has 1 aliphatic heterocycles. The van der Waals surface area contributed by atoms with Crippen LogP contribution in [0.3, 0.4) is 0 Å². The Morgan fingerprint density at radius 2 is 2.11 bits per heavy atom. The first-order chi connectivity index (χ1) is 8.55. The van der Waals surface area contributed by atoms with Gasteiger partial charge in [-0.05, 0) is 38.7 Å². The first kappa shape index (κ1) is 13.1. The van der Waals surface area contributed by atoms with E-state index in [4.69, 9.17) is 4.74 Å². The fraction of sp³-hybridized carbons (Fsp3) is 0.533. The number of carbonyl (C=O) groups is 1. The molecule has 3 nitrogen and oxygen atoms in total. The first-order valence-corrected chi connectivity index (χ1v) is 6.54. The van der Waals surface area contributed by atoms with Gasteiger partial charge in [0.15, 0.2) is 0 Å². The monoisotopic (exact) mass is 247 g/mol. The molecule has 2 rings (SSSR count). The van der Waals surface area contributed by atoms with Gasteiger partial charge in [0.05, 0.1) is 6.61 Å². The van der Waals surface area contributed by atoms with Gasteiger partial charge in [-0.15, -0.1) is 0 Å². The van der Waals surface area contributed by atoms with E-state index < -0.39 is 5.54 Å². The number of nitrogens with one attached hydrogen (secondary N) is 1. The molecular weight excluding hydrogens is 226 g/mol. The summed E-state index contributed by atoms with van der Waals surface area (Å²) in [5.41, 5.74) is 2.02. The van der Waals surface area contributed by atoms with Crippen molar-refractivity contribution < 1.29 is 9.53 Å². The molecule has 0 saturated carbocycles. The summed E-state index contributed by atoms with van der Waals surface area (Å²) in [4.78, 5) is 11.9. The lowest BCUT2D eigenvalue weighted by molar-refractivity contribution is -0.149. The summed E-state index contributed by atoms with van der Waals surface area (Å²) >= 11 is 0. The molecule has 1 fully saturated rings.